The third kappa shape index (κ3) is 27.6. The minimum Gasteiger partial charge on any atom is -0.508 e. The number of phenolic OH excluding ortho intramolecular Hbond substituents is 6. The van der Waals surface area contributed by atoms with Gasteiger partial charge >= 0.3 is 5.97 Å². The van der Waals surface area contributed by atoms with Crippen LogP contribution in [-0.2, 0) is 11.3 Å². The number of anilines is 1. The number of terminal acetylenes is 1. The molecule has 12 aromatic rings. The minimum atomic E-state index is -0.402. The Hall–Kier alpha value is -13.3. The van der Waals surface area contributed by atoms with Crippen molar-refractivity contribution in [1.29, 1.82) is 0 Å². The van der Waals surface area contributed by atoms with Crippen molar-refractivity contribution >= 4 is 82.8 Å². The van der Waals surface area contributed by atoms with Crippen LogP contribution < -0.4 is 10.1 Å². The molecule has 0 amide bonds. The first-order chi connectivity index (χ1) is 51.0. The summed E-state index contributed by atoms with van der Waals surface area (Å²) in [5.74, 6) is 4.35. The summed E-state index contributed by atoms with van der Waals surface area (Å²) in [6, 6.07) is 79.3. The number of benzene rings is 12. The Morgan fingerprint density at radius 2 is 0.774 bits per heavy atom. The largest absolute Gasteiger partial charge is 0.508 e. The van der Waals surface area contributed by atoms with Crippen LogP contribution in [0.1, 0.15) is 88.2 Å². The van der Waals surface area contributed by atoms with Gasteiger partial charge in [-0.05, 0) is 206 Å². The lowest BCUT2D eigenvalue weighted by Crippen LogP contribution is -1.99. The minimum absolute atomic E-state index is 0.170. The van der Waals surface area contributed by atoms with Crippen molar-refractivity contribution in [3.05, 3.63) is 349 Å². The average molecular weight is 1430 g/mol. The number of aromatic hydroxyl groups is 6. The van der Waals surface area contributed by atoms with Gasteiger partial charge in [0.25, 0.3) is 0 Å². The Kier molecular flexibility index (Phi) is 31.4. The van der Waals surface area contributed by atoms with Crippen LogP contribution in [-0.4, -0.2) is 81.9 Å². The van der Waals surface area contributed by atoms with Crippen molar-refractivity contribution in [3.8, 4) is 52.6 Å². The summed E-state index contributed by atoms with van der Waals surface area (Å²) in [5, 5.41) is 62.0. The first-order valence-electron chi connectivity index (χ1n) is 33.5. The number of nitrogens with zero attached hydrogens (tertiary/aromatic N) is 5. The fourth-order valence-corrected chi connectivity index (χ4v) is 9.72. The fourth-order valence-electron chi connectivity index (χ4n) is 9.54. The summed E-state index contributed by atoms with van der Waals surface area (Å²) in [4.78, 5) is 32.9. The number of methoxy groups -OCH3 is 2. The fraction of sp³-hybridized carbons (Fsp3) is 0.111. The zero-order valence-corrected chi connectivity index (χ0v) is 61.3. The molecule has 0 atom stereocenters. The first kappa shape index (κ1) is 80.0. The molecule has 0 aliphatic heterocycles. The number of carbonyl (C=O) groups excluding carboxylic acids is 1. The zero-order chi connectivity index (χ0) is 76.3. The highest BCUT2D eigenvalue weighted by Crippen LogP contribution is 2.27. The van der Waals surface area contributed by atoms with E-state index in [1.165, 1.54) is 18.2 Å². The van der Waals surface area contributed by atoms with Crippen molar-refractivity contribution in [2.24, 2.45) is 25.0 Å². The number of para-hydroxylation sites is 1. The predicted molar refractivity (Wildman–Crippen MR) is 435 cm³/mol. The lowest BCUT2D eigenvalue weighted by atomic mass is 10.1. The molecule has 12 rings (SSSR count). The molecular weight excluding hydrogens is 1340 g/mol. The van der Waals surface area contributed by atoms with Crippen molar-refractivity contribution < 1.29 is 44.9 Å². The van der Waals surface area contributed by atoms with Gasteiger partial charge in [0.15, 0.2) is 0 Å². The van der Waals surface area contributed by atoms with Crippen molar-refractivity contribution in [2.75, 3.05) is 19.5 Å². The smallest absolute Gasteiger partial charge is 0.337 e. The molecule has 536 valence electrons. The maximum atomic E-state index is 11.4. The van der Waals surface area contributed by atoms with Crippen molar-refractivity contribution in [1.82, 2.24) is 0 Å². The molecule has 16 heteroatoms. The molecule has 106 heavy (non-hydrogen) atoms. The highest BCUT2D eigenvalue weighted by molar-refractivity contribution is 6.30. The third-order valence-electron chi connectivity index (χ3n) is 15.4. The van der Waals surface area contributed by atoms with E-state index in [2.05, 4.69) is 60.0 Å². The summed E-state index contributed by atoms with van der Waals surface area (Å²) in [6.07, 6.45) is 13.5. The van der Waals surface area contributed by atoms with E-state index >= 15 is 0 Å². The lowest BCUT2D eigenvalue weighted by molar-refractivity contribution is 0.0600. The summed E-state index contributed by atoms with van der Waals surface area (Å²) in [6.45, 7) is 14.6. The van der Waals surface area contributed by atoms with Gasteiger partial charge in [-0.3, -0.25) is 25.0 Å². The number of nitrogens with one attached hydrogen (secondary N) is 1. The van der Waals surface area contributed by atoms with Gasteiger partial charge in [0.1, 0.15) is 40.2 Å². The Balaban J connectivity index is 0.000000178. The molecule has 0 bridgehead atoms. The number of carbonyl (C=O) groups is 1. The molecule has 0 aliphatic carbocycles. The predicted octanol–water partition coefficient (Wildman–Crippen LogP) is 21.3. The number of aryl methyl sites for hydroxylation is 7. The number of phenols is 6. The molecule has 0 fully saturated rings. The van der Waals surface area contributed by atoms with E-state index < -0.39 is 5.97 Å². The monoisotopic (exact) mass is 1430 g/mol. The van der Waals surface area contributed by atoms with E-state index in [0.29, 0.717) is 50.8 Å². The molecule has 0 radical (unpaired) electrons. The van der Waals surface area contributed by atoms with Crippen LogP contribution in [0, 0.1) is 60.8 Å². The van der Waals surface area contributed by atoms with E-state index in [-0.39, 0.29) is 28.7 Å². The molecule has 15 nitrogen and oxygen atoms in total. The molecular formula is C90H85ClN6O9. The van der Waals surface area contributed by atoms with E-state index in [1.807, 2.05) is 205 Å². The second-order valence-electron chi connectivity index (χ2n) is 24.2. The molecule has 0 aliphatic rings. The number of hydrogen-bond donors (Lipinski definition) is 7. The number of hydrogen-bond acceptors (Lipinski definition) is 15. The first-order valence-corrected chi connectivity index (χ1v) is 33.9. The van der Waals surface area contributed by atoms with Crippen LogP contribution >= 0.6 is 11.6 Å². The molecule has 7 N–H and O–H groups in total. The maximum absolute atomic E-state index is 11.4. The van der Waals surface area contributed by atoms with Crippen LogP contribution in [0.25, 0.3) is 0 Å². The number of esters is 1. The SMILES string of the molecule is C#Cc1cccc(N=Cc2ccccc2O)c1.COC(=O)c1cccc(N=Cc2cc(C)ccc2O)c1.COc1cccc(N=Cc2cc(C)ccc2O)c1.Cc1ccc(N=Cc2cc(C)ccc2O)cc1.Cc1ccc(NCc2cc(C)ccc2O)cc1.Cc1ccc(O)c(C=Nc2cccc(Cl)c2)c1. The molecule has 12 aromatic carbocycles. The number of ether oxygens (including phenoxy) is 2. The van der Waals surface area contributed by atoms with Gasteiger partial charge in [-0.25, -0.2) is 4.79 Å². The number of rotatable bonds is 15. The second-order valence-corrected chi connectivity index (χ2v) is 24.6. The summed E-state index contributed by atoms with van der Waals surface area (Å²) in [5.41, 5.74) is 18.4. The van der Waals surface area contributed by atoms with Crippen LogP contribution in [0.15, 0.2) is 286 Å². The molecule has 0 unspecified atom stereocenters. The Morgan fingerprint density at radius 1 is 0.387 bits per heavy atom. The Labute approximate surface area is 625 Å². The van der Waals surface area contributed by atoms with Gasteiger partial charge in [-0.2, -0.15) is 0 Å². The lowest BCUT2D eigenvalue weighted by Gasteiger charge is -2.09. The van der Waals surface area contributed by atoms with Gasteiger partial charge in [-0.1, -0.05) is 154 Å². The third-order valence-corrected chi connectivity index (χ3v) is 15.6. The normalized spacial score (nSPS) is 10.7. The van der Waals surface area contributed by atoms with Crippen LogP contribution in [0.3, 0.4) is 0 Å². The van der Waals surface area contributed by atoms with Gasteiger partial charge in [0, 0.05) is 93.3 Å². The van der Waals surface area contributed by atoms with Crippen LogP contribution in [0.4, 0.5) is 34.1 Å². The van der Waals surface area contributed by atoms with E-state index in [4.69, 9.17) is 22.8 Å². The van der Waals surface area contributed by atoms with Gasteiger partial charge < -0.3 is 45.4 Å². The molecule has 0 heterocycles. The van der Waals surface area contributed by atoms with E-state index in [0.717, 1.165) is 78.7 Å². The number of halogens is 1. The highest BCUT2D eigenvalue weighted by atomic mass is 35.5. The molecule has 0 saturated heterocycles. The topological polar surface area (TPSA) is 231 Å². The highest BCUT2D eigenvalue weighted by Gasteiger charge is 2.08. The van der Waals surface area contributed by atoms with Crippen LogP contribution in [0.2, 0.25) is 5.02 Å². The van der Waals surface area contributed by atoms with Gasteiger partial charge in [0.05, 0.1) is 48.2 Å². The zero-order valence-electron chi connectivity index (χ0n) is 60.5. The maximum Gasteiger partial charge on any atom is 0.337 e. The summed E-state index contributed by atoms with van der Waals surface area (Å²) < 4.78 is 9.78. The van der Waals surface area contributed by atoms with E-state index in [9.17, 15) is 35.4 Å². The number of aliphatic imine (C=N–C) groups is 5. The van der Waals surface area contributed by atoms with Gasteiger partial charge in [0.2, 0.25) is 0 Å². The Bertz CT molecular complexity index is 5080. The van der Waals surface area contributed by atoms with Crippen molar-refractivity contribution in [2.45, 2.75) is 55.0 Å². The average Bonchev–Trinajstić information content (AvgIpc) is 0.910. The second kappa shape index (κ2) is 41.6. The van der Waals surface area contributed by atoms with E-state index in [1.54, 1.807) is 123 Å². The van der Waals surface area contributed by atoms with Gasteiger partial charge in [-0.15, -0.1) is 6.42 Å². The van der Waals surface area contributed by atoms with Crippen LogP contribution in [0.5, 0.6) is 40.2 Å². The molecule has 0 aromatic heterocycles. The van der Waals surface area contributed by atoms with Crippen molar-refractivity contribution in [3.63, 3.8) is 0 Å². The quantitative estimate of drug-likeness (QED) is 0.0292. The molecule has 0 saturated carbocycles. The Morgan fingerprint density at radius 3 is 1.25 bits per heavy atom. The molecule has 0 spiro atoms. The standard InChI is InChI=1S/C16H15NO3.C15H15NO2.C15H17NO.C15H15NO.C15H11NO.C14H12ClNO/c1-11-6-7-15(18)13(8-11)10-17-14-5-3-4-12(9-14)16(19)20-2;1-11-6-7-15(17)12(8-11)10-16-13-4-3-5-14(9-13)18-2;2*1-11-3-6-14(7-4-11)16-10-13-9-12(2)5-8-15(13)17;1-2-12-6-5-8-14(10-12)16-11-13-7-3-4-9-15(13)17;1-10-5-6-14(17)11(7-10)9-16-13-4-2-3-12(15)8-13/h3-10,18H,1-2H3;3-10,17H,1-2H3;3-9,16-17H,10H2,1-2H3;3-10,17H,1-2H3;1,3-11,17H;2-9,17H,1H3. The summed E-state index contributed by atoms with van der Waals surface area (Å²) in [7, 11) is 2.96. The summed E-state index contributed by atoms with van der Waals surface area (Å²) >= 11 is 5.86.